The molecule has 0 aliphatic heterocycles. The Morgan fingerprint density at radius 2 is 2.17 bits per heavy atom. The fourth-order valence-electron chi connectivity index (χ4n) is 1.17. The molecule has 0 aliphatic carbocycles. The van der Waals surface area contributed by atoms with Crippen LogP contribution >= 0.6 is 34.9 Å². The lowest BCUT2D eigenvalue weighted by molar-refractivity contribution is -0.123. The predicted molar refractivity (Wildman–Crippen MR) is 79.5 cm³/mol. The Morgan fingerprint density at radius 3 is 2.78 bits per heavy atom. The van der Waals surface area contributed by atoms with E-state index in [2.05, 4.69) is 22.4 Å². The lowest BCUT2D eigenvalue weighted by Gasteiger charge is -2.10. The van der Waals surface area contributed by atoms with Crippen LogP contribution in [0.2, 0.25) is 0 Å². The van der Waals surface area contributed by atoms with Gasteiger partial charge in [-0.25, -0.2) is 0 Å². The van der Waals surface area contributed by atoms with Crippen LogP contribution in [0.25, 0.3) is 0 Å². The molecule has 102 valence electrons. The Morgan fingerprint density at radius 1 is 1.44 bits per heavy atom. The average molecular weight is 305 g/mol. The van der Waals surface area contributed by atoms with E-state index in [0.29, 0.717) is 0 Å². The first kappa shape index (κ1) is 15.8. The highest BCUT2D eigenvalue weighted by Gasteiger charge is 2.14. The average Bonchev–Trinajstić information content (AvgIpc) is 2.84. The van der Waals surface area contributed by atoms with Crippen LogP contribution in [0.15, 0.2) is 8.68 Å². The smallest absolute Gasteiger partial charge is 0.223 e. The summed E-state index contributed by atoms with van der Waals surface area (Å²) in [5.74, 6) is 0.889. The summed E-state index contributed by atoms with van der Waals surface area (Å²) < 4.78 is 1.91. The van der Waals surface area contributed by atoms with E-state index in [1.807, 2.05) is 13.2 Å². The summed E-state index contributed by atoms with van der Waals surface area (Å²) in [6.45, 7) is 4.84. The van der Waals surface area contributed by atoms with Gasteiger partial charge in [-0.2, -0.15) is 0 Å². The Balaban J connectivity index is 2.27. The molecule has 0 fully saturated rings. The van der Waals surface area contributed by atoms with Crippen LogP contribution in [-0.4, -0.2) is 34.7 Å². The third kappa shape index (κ3) is 5.58. The molecule has 1 atom stereocenters. The van der Waals surface area contributed by atoms with Crippen LogP contribution < -0.4 is 5.32 Å². The normalized spacial score (nSPS) is 12.4. The van der Waals surface area contributed by atoms with E-state index in [0.717, 1.165) is 33.8 Å². The molecule has 1 rings (SSSR count). The highest BCUT2D eigenvalue weighted by molar-refractivity contribution is 8.02. The van der Waals surface area contributed by atoms with Crippen LogP contribution in [0, 0.1) is 5.92 Å². The van der Waals surface area contributed by atoms with Gasteiger partial charge in [0.2, 0.25) is 5.91 Å². The fraction of sp³-hybridized carbons (Fsp3) is 0.727. The van der Waals surface area contributed by atoms with Gasteiger partial charge in [0.1, 0.15) is 0 Å². The summed E-state index contributed by atoms with van der Waals surface area (Å²) in [7, 11) is 0. The number of hydrogen-bond acceptors (Lipinski definition) is 6. The molecule has 1 amide bonds. The first-order valence-corrected chi connectivity index (χ1v) is 8.98. The lowest BCUT2D eigenvalue weighted by atomic mass is 10.2. The van der Waals surface area contributed by atoms with Gasteiger partial charge in [0.05, 0.1) is 0 Å². The van der Waals surface area contributed by atoms with Gasteiger partial charge in [0.25, 0.3) is 0 Å². The van der Waals surface area contributed by atoms with Crippen molar-refractivity contribution in [3.05, 3.63) is 0 Å². The topological polar surface area (TPSA) is 54.9 Å². The second-order valence-electron chi connectivity index (χ2n) is 3.89. The number of unbranched alkanes of at least 4 members (excludes halogenated alkanes) is 1. The van der Waals surface area contributed by atoms with Gasteiger partial charge in [-0.15, -0.1) is 10.2 Å². The molecule has 1 N–H and O–H groups in total. The van der Waals surface area contributed by atoms with Crippen molar-refractivity contribution in [2.45, 2.75) is 35.4 Å². The highest BCUT2D eigenvalue weighted by Crippen LogP contribution is 2.28. The summed E-state index contributed by atoms with van der Waals surface area (Å²) in [5.41, 5.74) is 0. The largest absolute Gasteiger partial charge is 0.356 e. The highest BCUT2D eigenvalue weighted by atomic mass is 32.2. The molecule has 1 aromatic rings. The van der Waals surface area contributed by atoms with E-state index in [9.17, 15) is 4.79 Å². The molecule has 0 saturated heterocycles. The van der Waals surface area contributed by atoms with Gasteiger partial charge in [-0.05, 0) is 12.7 Å². The monoisotopic (exact) mass is 305 g/mol. The van der Waals surface area contributed by atoms with Gasteiger partial charge >= 0.3 is 0 Å². The van der Waals surface area contributed by atoms with E-state index >= 15 is 0 Å². The summed E-state index contributed by atoms with van der Waals surface area (Å²) in [5, 5.41) is 11.0. The molecule has 0 aliphatic rings. The van der Waals surface area contributed by atoms with Crippen molar-refractivity contribution in [2.24, 2.45) is 5.92 Å². The fourth-order valence-corrected chi connectivity index (χ4v) is 3.66. The summed E-state index contributed by atoms with van der Waals surface area (Å²) in [6.07, 6.45) is 4.13. The molecule has 0 spiro atoms. The standard InChI is InChI=1S/C11H19N3OS3/c1-4-5-6-12-9(15)8(2)7-17-11-14-13-10(16-3)18-11/h8H,4-7H2,1-3H3,(H,12,15). The maximum atomic E-state index is 11.7. The van der Waals surface area contributed by atoms with Crippen LogP contribution in [-0.2, 0) is 4.79 Å². The molecule has 1 heterocycles. The van der Waals surface area contributed by atoms with Crippen LogP contribution in [0.3, 0.4) is 0 Å². The zero-order chi connectivity index (χ0) is 13.4. The maximum Gasteiger partial charge on any atom is 0.223 e. The van der Waals surface area contributed by atoms with E-state index in [-0.39, 0.29) is 11.8 Å². The zero-order valence-corrected chi connectivity index (χ0v) is 13.4. The minimum atomic E-state index is 0.00786. The Hall–Kier alpha value is -0.270. The molecule has 1 aromatic heterocycles. The van der Waals surface area contributed by atoms with Crippen LogP contribution in [0.5, 0.6) is 0 Å². The maximum absolute atomic E-state index is 11.7. The zero-order valence-electron chi connectivity index (χ0n) is 10.9. The first-order chi connectivity index (χ1) is 8.67. The second-order valence-corrected chi connectivity index (χ2v) is 7.19. The summed E-state index contributed by atoms with van der Waals surface area (Å²) in [6, 6.07) is 0. The number of carbonyl (C=O) groups excluding carboxylic acids is 1. The van der Waals surface area contributed by atoms with Crippen molar-refractivity contribution in [1.29, 1.82) is 0 Å². The van der Waals surface area contributed by atoms with E-state index in [4.69, 9.17) is 0 Å². The molecular weight excluding hydrogens is 286 g/mol. The van der Waals surface area contributed by atoms with Gasteiger partial charge in [-0.1, -0.05) is 55.1 Å². The van der Waals surface area contributed by atoms with Crippen LogP contribution in [0.4, 0.5) is 0 Å². The van der Waals surface area contributed by atoms with Crippen molar-refractivity contribution in [3.63, 3.8) is 0 Å². The van der Waals surface area contributed by atoms with Gasteiger partial charge in [0.15, 0.2) is 8.68 Å². The first-order valence-electron chi connectivity index (χ1n) is 5.95. The Bertz CT molecular complexity index is 370. The second kappa shape index (κ2) is 8.77. The number of nitrogens with zero attached hydrogens (tertiary/aromatic N) is 2. The lowest BCUT2D eigenvalue weighted by Crippen LogP contribution is -2.31. The quantitative estimate of drug-likeness (QED) is 0.591. The van der Waals surface area contributed by atoms with Crippen LogP contribution in [0.1, 0.15) is 26.7 Å². The number of carbonyl (C=O) groups is 1. The van der Waals surface area contributed by atoms with Crippen molar-refractivity contribution in [2.75, 3.05) is 18.6 Å². The third-order valence-electron chi connectivity index (χ3n) is 2.30. The summed E-state index contributed by atoms with van der Waals surface area (Å²) >= 11 is 4.78. The predicted octanol–water partition coefficient (Wildman–Crippen LogP) is 2.90. The van der Waals surface area contributed by atoms with Crippen molar-refractivity contribution in [1.82, 2.24) is 15.5 Å². The summed E-state index contributed by atoms with van der Waals surface area (Å²) in [4.78, 5) is 11.7. The number of hydrogen-bond donors (Lipinski definition) is 1. The Labute approximate surface area is 121 Å². The number of amides is 1. The number of nitrogens with one attached hydrogen (secondary N) is 1. The van der Waals surface area contributed by atoms with Gasteiger partial charge < -0.3 is 5.32 Å². The molecular formula is C11H19N3OS3. The number of thioether (sulfide) groups is 2. The minimum absolute atomic E-state index is 0.00786. The minimum Gasteiger partial charge on any atom is -0.356 e. The van der Waals surface area contributed by atoms with E-state index < -0.39 is 0 Å². The van der Waals surface area contributed by atoms with E-state index in [1.54, 1.807) is 34.9 Å². The molecule has 0 saturated carbocycles. The molecule has 7 heteroatoms. The van der Waals surface area contributed by atoms with Crippen molar-refractivity contribution >= 4 is 40.8 Å². The van der Waals surface area contributed by atoms with Crippen molar-refractivity contribution < 1.29 is 4.79 Å². The molecule has 0 bridgehead atoms. The van der Waals surface area contributed by atoms with Crippen molar-refractivity contribution in [3.8, 4) is 0 Å². The number of rotatable bonds is 8. The Kier molecular flexibility index (Phi) is 7.69. The van der Waals surface area contributed by atoms with Gasteiger partial charge in [-0.3, -0.25) is 4.79 Å². The third-order valence-corrected chi connectivity index (χ3v) is 5.59. The number of aromatic nitrogens is 2. The molecule has 18 heavy (non-hydrogen) atoms. The SMILES string of the molecule is CCCCNC(=O)C(C)CSc1nnc(SC)s1. The molecule has 4 nitrogen and oxygen atoms in total. The molecule has 0 aromatic carbocycles. The molecule has 0 radical (unpaired) electrons. The van der Waals surface area contributed by atoms with E-state index in [1.165, 1.54) is 0 Å². The molecule has 1 unspecified atom stereocenters. The van der Waals surface area contributed by atoms with Gasteiger partial charge in [0, 0.05) is 18.2 Å².